The van der Waals surface area contributed by atoms with Crippen molar-refractivity contribution in [3.8, 4) is 6.07 Å². The number of carbonyl (C=O) groups is 1. The van der Waals surface area contributed by atoms with Crippen molar-refractivity contribution in [3.05, 3.63) is 18.1 Å². The fourth-order valence-corrected chi connectivity index (χ4v) is 2.59. The van der Waals surface area contributed by atoms with Gasteiger partial charge < -0.3 is 4.74 Å². The Morgan fingerprint density at radius 2 is 2.22 bits per heavy atom. The van der Waals surface area contributed by atoms with Crippen molar-refractivity contribution >= 4 is 11.9 Å². The Hall–Kier alpha value is -2.36. The lowest BCUT2D eigenvalue weighted by molar-refractivity contribution is 0.0745. The van der Waals surface area contributed by atoms with Crippen LogP contribution in [0.15, 0.2) is 12.3 Å². The monoisotopic (exact) mass is 317 g/mol. The molecule has 0 aliphatic heterocycles. The number of nitrogens with zero attached hydrogens (tertiary/aromatic N) is 4. The lowest BCUT2D eigenvalue weighted by Gasteiger charge is -2.28. The van der Waals surface area contributed by atoms with Crippen LogP contribution in [0.25, 0.3) is 0 Å². The molecule has 1 amide bonds. The Kier molecular flexibility index (Phi) is 6.15. The smallest absolute Gasteiger partial charge is 0.426 e. The predicted molar refractivity (Wildman–Crippen MR) is 85.4 cm³/mol. The molecule has 1 aliphatic rings. The van der Waals surface area contributed by atoms with E-state index in [2.05, 4.69) is 15.4 Å². The van der Waals surface area contributed by atoms with Crippen molar-refractivity contribution in [1.29, 1.82) is 5.26 Å². The van der Waals surface area contributed by atoms with Crippen LogP contribution in [0, 0.1) is 17.2 Å². The summed E-state index contributed by atoms with van der Waals surface area (Å²) in [5.41, 5.74) is 2.74. The van der Waals surface area contributed by atoms with E-state index in [0.29, 0.717) is 18.3 Å². The van der Waals surface area contributed by atoms with E-state index >= 15 is 0 Å². The molecule has 0 spiro atoms. The van der Waals surface area contributed by atoms with E-state index in [9.17, 15) is 4.79 Å². The molecule has 0 unspecified atom stereocenters. The molecule has 1 fully saturated rings. The van der Waals surface area contributed by atoms with Gasteiger partial charge in [-0.25, -0.2) is 15.2 Å². The van der Waals surface area contributed by atoms with Crippen LogP contribution in [-0.4, -0.2) is 28.7 Å². The first-order chi connectivity index (χ1) is 11.1. The molecule has 7 heteroatoms. The number of carbonyl (C=O) groups excluding carboxylic acids is 1. The van der Waals surface area contributed by atoms with Crippen molar-refractivity contribution in [2.75, 3.05) is 11.6 Å². The van der Waals surface area contributed by atoms with E-state index in [1.165, 1.54) is 12.6 Å². The molecular formula is C16H23N5O2. The SMILES string of the molecule is CC(C)CN(NC(=O)OC1CCCCC1)c1ccnc(C#N)n1. The molecule has 1 aromatic rings. The Balaban J connectivity index is 2.02. The Labute approximate surface area is 136 Å². The van der Waals surface area contributed by atoms with Crippen LogP contribution in [0.1, 0.15) is 51.8 Å². The lowest BCUT2D eigenvalue weighted by Crippen LogP contribution is -2.46. The van der Waals surface area contributed by atoms with Gasteiger partial charge in [-0.1, -0.05) is 20.3 Å². The number of amides is 1. The number of hydrazine groups is 1. The molecule has 0 radical (unpaired) electrons. The highest BCUT2D eigenvalue weighted by molar-refractivity contribution is 5.69. The number of rotatable bonds is 5. The Morgan fingerprint density at radius 1 is 1.48 bits per heavy atom. The highest BCUT2D eigenvalue weighted by Gasteiger charge is 2.20. The summed E-state index contributed by atoms with van der Waals surface area (Å²) in [6.45, 7) is 4.63. The van der Waals surface area contributed by atoms with Crippen LogP contribution >= 0.6 is 0 Å². The molecule has 0 atom stereocenters. The molecule has 124 valence electrons. The second kappa shape index (κ2) is 8.32. The third-order valence-corrected chi connectivity index (χ3v) is 3.62. The molecule has 2 rings (SSSR count). The topological polar surface area (TPSA) is 91.1 Å². The standard InChI is InChI=1S/C16H23N5O2/c1-12(2)11-21(15-8-9-18-14(10-17)19-15)20-16(22)23-13-6-4-3-5-7-13/h8-9,12-13H,3-7,11H2,1-2H3,(H,20,22). The molecular weight excluding hydrogens is 294 g/mol. The third-order valence-electron chi connectivity index (χ3n) is 3.62. The molecule has 1 saturated carbocycles. The average molecular weight is 317 g/mol. The number of aromatic nitrogens is 2. The quantitative estimate of drug-likeness (QED) is 0.840. The summed E-state index contributed by atoms with van der Waals surface area (Å²) in [7, 11) is 0. The summed E-state index contributed by atoms with van der Waals surface area (Å²) in [6.07, 6.45) is 6.27. The number of nitrogens with one attached hydrogen (secondary N) is 1. The third kappa shape index (κ3) is 5.40. The fraction of sp³-hybridized carbons (Fsp3) is 0.625. The number of nitriles is 1. The van der Waals surface area contributed by atoms with Crippen LogP contribution < -0.4 is 10.4 Å². The highest BCUT2D eigenvalue weighted by Crippen LogP contribution is 2.20. The molecule has 7 nitrogen and oxygen atoms in total. The van der Waals surface area contributed by atoms with E-state index in [0.717, 1.165) is 25.7 Å². The zero-order valence-electron chi connectivity index (χ0n) is 13.7. The van der Waals surface area contributed by atoms with E-state index < -0.39 is 6.09 Å². The van der Waals surface area contributed by atoms with Gasteiger partial charge in [0.25, 0.3) is 0 Å². The average Bonchev–Trinajstić information content (AvgIpc) is 2.54. The first-order valence-electron chi connectivity index (χ1n) is 8.06. The van der Waals surface area contributed by atoms with Gasteiger partial charge in [-0.15, -0.1) is 0 Å². The fourth-order valence-electron chi connectivity index (χ4n) is 2.59. The molecule has 1 aliphatic carbocycles. The van der Waals surface area contributed by atoms with Gasteiger partial charge in [-0.05, 0) is 31.6 Å². The molecule has 1 heterocycles. The van der Waals surface area contributed by atoms with Gasteiger partial charge in [-0.2, -0.15) is 10.2 Å². The summed E-state index contributed by atoms with van der Waals surface area (Å²) in [5, 5.41) is 10.5. The molecule has 1 aromatic heterocycles. The summed E-state index contributed by atoms with van der Waals surface area (Å²) in [6, 6.07) is 3.56. The van der Waals surface area contributed by atoms with Gasteiger partial charge in [0.2, 0.25) is 5.82 Å². The van der Waals surface area contributed by atoms with E-state index in [-0.39, 0.29) is 11.9 Å². The summed E-state index contributed by atoms with van der Waals surface area (Å²) >= 11 is 0. The van der Waals surface area contributed by atoms with Crippen LogP contribution in [0.4, 0.5) is 10.6 Å². The van der Waals surface area contributed by atoms with Crippen LogP contribution in [0.5, 0.6) is 0 Å². The van der Waals surface area contributed by atoms with Gasteiger partial charge in [0.15, 0.2) is 5.82 Å². The van der Waals surface area contributed by atoms with E-state index in [1.54, 1.807) is 11.1 Å². The molecule has 1 N–H and O–H groups in total. The molecule has 0 saturated heterocycles. The number of hydrogen-bond donors (Lipinski definition) is 1. The maximum absolute atomic E-state index is 12.1. The van der Waals surface area contributed by atoms with Crippen molar-refractivity contribution in [2.24, 2.45) is 5.92 Å². The van der Waals surface area contributed by atoms with Gasteiger partial charge in [-0.3, -0.25) is 5.01 Å². The first kappa shape index (κ1) is 17.0. The summed E-state index contributed by atoms with van der Waals surface area (Å²) in [4.78, 5) is 20.1. The van der Waals surface area contributed by atoms with Crippen molar-refractivity contribution in [3.63, 3.8) is 0 Å². The van der Waals surface area contributed by atoms with Crippen molar-refractivity contribution < 1.29 is 9.53 Å². The number of hydrogen-bond acceptors (Lipinski definition) is 6. The zero-order chi connectivity index (χ0) is 16.7. The van der Waals surface area contributed by atoms with Gasteiger partial charge in [0, 0.05) is 18.8 Å². The number of ether oxygens (including phenoxy) is 1. The van der Waals surface area contributed by atoms with Crippen LogP contribution in [0.3, 0.4) is 0 Å². The van der Waals surface area contributed by atoms with Crippen LogP contribution in [0.2, 0.25) is 0 Å². The summed E-state index contributed by atoms with van der Waals surface area (Å²) in [5.74, 6) is 0.843. The predicted octanol–water partition coefficient (Wildman–Crippen LogP) is 2.78. The second-order valence-corrected chi connectivity index (χ2v) is 6.13. The lowest BCUT2D eigenvalue weighted by atomic mass is 9.98. The maximum atomic E-state index is 12.1. The molecule has 0 aromatic carbocycles. The van der Waals surface area contributed by atoms with Crippen molar-refractivity contribution in [2.45, 2.75) is 52.1 Å². The molecule has 23 heavy (non-hydrogen) atoms. The minimum absolute atomic E-state index is 0.00952. The normalized spacial score (nSPS) is 15.0. The molecule has 0 bridgehead atoms. The van der Waals surface area contributed by atoms with Gasteiger partial charge >= 0.3 is 6.09 Å². The van der Waals surface area contributed by atoms with E-state index in [4.69, 9.17) is 10.00 Å². The first-order valence-corrected chi connectivity index (χ1v) is 8.06. The minimum Gasteiger partial charge on any atom is -0.445 e. The van der Waals surface area contributed by atoms with E-state index in [1.807, 2.05) is 19.9 Å². The minimum atomic E-state index is -0.477. The second-order valence-electron chi connectivity index (χ2n) is 6.13. The van der Waals surface area contributed by atoms with Gasteiger partial charge in [0.1, 0.15) is 12.2 Å². The zero-order valence-corrected chi connectivity index (χ0v) is 13.7. The van der Waals surface area contributed by atoms with Gasteiger partial charge in [0.05, 0.1) is 0 Å². The Bertz CT molecular complexity index is 564. The van der Waals surface area contributed by atoms with Crippen molar-refractivity contribution in [1.82, 2.24) is 15.4 Å². The maximum Gasteiger partial charge on any atom is 0.426 e. The van der Waals surface area contributed by atoms with Crippen LogP contribution in [-0.2, 0) is 4.74 Å². The number of anilines is 1. The highest BCUT2D eigenvalue weighted by atomic mass is 16.6. The summed E-state index contributed by atoms with van der Waals surface area (Å²) < 4.78 is 5.48. The largest absolute Gasteiger partial charge is 0.445 e. The Morgan fingerprint density at radius 3 is 2.87 bits per heavy atom.